The highest BCUT2D eigenvalue weighted by atomic mass is 17.2. The minimum atomic E-state index is -0.868. The van der Waals surface area contributed by atoms with Crippen LogP contribution in [0, 0.1) is 0 Å². The number of hydrogen-bond acceptors (Lipinski definition) is 12. The fourth-order valence-corrected chi connectivity index (χ4v) is 5.16. The SMILES string of the molecule is COC(=O)c1ccc(O[C@@H]2CN[C@H](C(=O)O)C2)cc1.COOC(=O)[C@@H]1C[C@H](Oc2ccc(C(=O)OC)cc2)CN1C(=O)c1ccccc1. The summed E-state index contributed by atoms with van der Waals surface area (Å²) in [6.07, 6.45) is 0.0688. The second-order valence-corrected chi connectivity index (χ2v) is 10.7. The van der Waals surface area contributed by atoms with Crippen molar-refractivity contribution in [2.75, 3.05) is 34.4 Å². The van der Waals surface area contributed by atoms with Gasteiger partial charge in [-0.1, -0.05) is 18.2 Å². The van der Waals surface area contributed by atoms with Crippen LogP contribution < -0.4 is 14.8 Å². The molecule has 2 N–H and O–H groups in total. The number of nitrogens with one attached hydrogen (secondary N) is 1. The number of aliphatic carboxylic acids is 1. The second kappa shape index (κ2) is 16.9. The number of ether oxygens (including phenoxy) is 4. The van der Waals surface area contributed by atoms with Crippen LogP contribution in [0.4, 0.5) is 0 Å². The van der Waals surface area contributed by atoms with E-state index in [4.69, 9.17) is 14.6 Å². The molecule has 0 aromatic heterocycles. The van der Waals surface area contributed by atoms with Crippen LogP contribution in [0.15, 0.2) is 78.9 Å². The zero-order valence-corrected chi connectivity index (χ0v) is 26.5. The Morgan fingerprint density at radius 2 is 1.25 bits per heavy atom. The molecule has 2 fully saturated rings. The summed E-state index contributed by atoms with van der Waals surface area (Å²) in [4.78, 5) is 69.3. The van der Waals surface area contributed by atoms with Crippen LogP contribution in [-0.4, -0.2) is 98.5 Å². The summed E-state index contributed by atoms with van der Waals surface area (Å²) in [7, 11) is 3.86. The van der Waals surface area contributed by atoms with E-state index in [-0.39, 0.29) is 25.0 Å². The first kappa shape index (κ1) is 35.4. The molecule has 2 heterocycles. The zero-order chi connectivity index (χ0) is 34.6. The first-order valence-electron chi connectivity index (χ1n) is 14.9. The van der Waals surface area contributed by atoms with E-state index in [2.05, 4.69) is 24.6 Å². The lowest BCUT2D eigenvalue weighted by atomic mass is 10.1. The molecule has 14 heteroatoms. The Morgan fingerprint density at radius 3 is 1.73 bits per heavy atom. The summed E-state index contributed by atoms with van der Waals surface area (Å²) in [5.41, 5.74) is 1.31. The molecule has 254 valence electrons. The Labute approximate surface area is 276 Å². The summed E-state index contributed by atoms with van der Waals surface area (Å²) in [6, 6.07) is 20.3. The minimum Gasteiger partial charge on any atom is -0.489 e. The van der Waals surface area contributed by atoms with E-state index in [0.717, 1.165) is 0 Å². The number of carboxylic acid groups (broad SMARTS) is 1. The lowest BCUT2D eigenvalue weighted by Gasteiger charge is -2.22. The third-order valence-corrected chi connectivity index (χ3v) is 7.53. The molecular formula is C34H36N2O12. The molecule has 3 aromatic carbocycles. The van der Waals surface area contributed by atoms with Gasteiger partial charge < -0.3 is 34.3 Å². The van der Waals surface area contributed by atoms with Crippen LogP contribution in [0.3, 0.4) is 0 Å². The van der Waals surface area contributed by atoms with Crippen molar-refractivity contribution in [2.45, 2.75) is 37.1 Å². The number of amides is 1. The molecule has 2 aliphatic rings. The fraction of sp³-hybridized carbons (Fsp3) is 0.324. The second-order valence-electron chi connectivity index (χ2n) is 10.7. The standard InChI is InChI=1S/C21H21NO7.C13H15NO5/c1-26-20(24)15-8-10-16(11-9-15)28-17-12-18(21(25)29-27-2)22(13-17)19(23)14-6-4-3-5-7-14;1-18-13(17)8-2-4-9(5-3-8)19-10-6-11(12(15)16)14-7-10/h3-11,17-18H,12-13H2,1-2H3;2-5,10-11,14H,6-7H2,1H3,(H,15,16)/t17-,18-;10-,11-/m00/s1. The smallest absolute Gasteiger partial charge is 0.364 e. The predicted octanol–water partition coefficient (Wildman–Crippen LogP) is 2.91. The van der Waals surface area contributed by atoms with Gasteiger partial charge in [-0.25, -0.2) is 14.4 Å². The molecule has 14 nitrogen and oxygen atoms in total. The highest BCUT2D eigenvalue weighted by molar-refractivity contribution is 5.97. The van der Waals surface area contributed by atoms with Gasteiger partial charge in [0.25, 0.3) is 5.91 Å². The summed E-state index contributed by atoms with van der Waals surface area (Å²) in [5, 5.41) is 11.7. The maximum Gasteiger partial charge on any atom is 0.364 e. The first-order chi connectivity index (χ1) is 23.1. The molecule has 0 spiro atoms. The number of hydrogen-bond donors (Lipinski definition) is 2. The first-order valence-corrected chi connectivity index (χ1v) is 14.9. The van der Waals surface area contributed by atoms with Crippen molar-refractivity contribution in [1.29, 1.82) is 0 Å². The van der Waals surface area contributed by atoms with Crippen molar-refractivity contribution in [3.05, 3.63) is 95.6 Å². The molecule has 3 aromatic rings. The van der Waals surface area contributed by atoms with Crippen LogP contribution >= 0.6 is 0 Å². The third kappa shape index (κ3) is 9.30. The average Bonchev–Trinajstić information content (AvgIpc) is 3.76. The van der Waals surface area contributed by atoms with Crippen LogP contribution in [0.5, 0.6) is 11.5 Å². The number of carbonyl (C=O) groups excluding carboxylic acids is 4. The molecular weight excluding hydrogens is 628 g/mol. The number of carboxylic acids is 1. The quantitative estimate of drug-likeness (QED) is 0.184. The van der Waals surface area contributed by atoms with E-state index in [1.165, 1.54) is 26.2 Å². The van der Waals surface area contributed by atoms with Gasteiger partial charge >= 0.3 is 23.9 Å². The summed E-state index contributed by atoms with van der Waals surface area (Å²) in [6.45, 7) is 0.700. The van der Waals surface area contributed by atoms with E-state index in [1.807, 2.05) is 0 Å². The van der Waals surface area contributed by atoms with Crippen LogP contribution in [0.2, 0.25) is 0 Å². The van der Waals surface area contributed by atoms with E-state index in [1.54, 1.807) is 78.9 Å². The van der Waals surface area contributed by atoms with Gasteiger partial charge in [-0.2, -0.15) is 4.89 Å². The lowest BCUT2D eigenvalue weighted by molar-refractivity contribution is -0.258. The maximum absolute atomic E-state index is 12.9. The summed E-state index contributed by atoms with van der Waals surface area (Å²) in [5.74, 6) is -1.56. The molecule has 0 radical (unpaired) electrons. The largest absolute Gasteiger partial charge is 0.489 e. The van der Waals surface area contributed by atoms with Gasteiger partial charge in [0.05, 0.1) is 39.0 Å². The monoisotopic (exact) mass is 664 g/mol. The van der Waals surface area contributed by atoms with E-state index < -0.39 is 42.1 Å². The highest BCUT2D eigenvalue weighted by Gasteiger charge is 2.42. The molecule has 4 atom stereocenters. The van der Waals surface area contributed by atoms with Gasteiger partial charge in [0, 0.05) is 24.9 Å². The number of methoxy groups -OCH3 is 2. The highest BCUT2D eigenvalue weighted by Crippen LogP contribution is 2.26. The molecule has 1 amide bonds. The van der Waals surface area contributed by atoms with Crippen LogP contribution in [0.25, 0.3) is 0 Å². The van der Waals surface area contributed by atoms with Crippen LogP contribution in [-0.2, 0) is 28.8 Å². The zero-order valence-electron chi connectivity index (χ0n) is 26.5. The third-order valence-electron chi connectivity index (χ3n) is 7.53. The van der Waals surface area contributed by atoms with Gasteiger partial charge in [0.2, 0.25) is 0 Å². The lowest BCUT2D eigenvalue weighted by Crippen LogP contribution is -2.41. The number of benzene rings is 3. The van der Waals surface area contributed by atoms with Crippen molar-refractivity contribution >= 4 is 29.8 Å². The Balaban J connectivity index is 0.000000237. The van der Waals surface area contributed by atoms with Crippen molar-refractivity contribution in [3.63, 3.8) is 0 Å². The Hall–Kier alpha value is -5.47. The van der Waals surface area contributed by atoms with E-state index in [0.29, 0.717) is 41.2 Å². The molecule has 0 saturated carbocycles. The summed E-state index contributed by atoms with van der Waals surface area (Å²) >= 11 is 0. The molecule has 0 unspecified atom stereocenters. The summed E-state index contributed by atoms with van der Waals surface area (Å²) < 4.78 is 20.8. The van der Waals surface area contributed by atoms with Crippen LogP contribution in [0.1, 0.15) is 43.9 Å². The van der Waals surface area contributed by atoms with Gasteiger partial charge in [0.1, 0.15) is 35.8 Å². The van der Waals surface area contributed by atoms with Gasteiger partial charge in [-0.3, -0.25) is 14.5 Å². The molecule has 2 aliphatic heterocycles. The minimum absolute atomic E-state index is 0.176. The number of esters is 2. The van der Waals surface area contributed by atoms with Crippen molar-refractivity contribution in [3.8, 4) is 11.5 Å². The van der Waals surface area contributed by atoms with Gasteiger partial charge in [-0.15, -0.1) is 0 Å². The molecule has 5 rings (SSSR count). The van der Waals surface area contributed by atoms with Crippen molar-refractivity contribution in [1.82, 2.24) is 10.2 Å². The molecule has 0 aliphatic carbocycles. The van der Waals surface area contributed by atoms with E-state index in [9.17, 15) is 24.0 Å². The number of likely N-dealkylation sites (tertiary alicyclic amines) is 1. The van der Waals surface area contributed by atoms with Gasteiger partial charge in [-0.05, 0) is 60.7 Å². The Morgan fingerprint density at radius 1 is 0.708 bits per heavy atom. The number of rotatable bonds is 10. The molecule has 2 saturated heterocycles. The van der Waals surface area contributed by atoms with E-state index >= 15 is 0 Å². The molecule has 0 bridgehead atoms. The number of carbonyl (C=O) groups is 5. The topological polar surface area (TPSA) is 176 Å². The normalized spacial score (nSPS) is 19.7. The predicted molar refractivity (Wildman–Crippen MR) is 167 cm³/mol. The fourth-order valence-electron chi connectivity index (χ4n) is 5.16. The molecule has 48 heavy (non-hydrogen) atoms. The number of nitrogens with zero attached hydrogens (tertiary/aromatic N) is 1. The van der Waals surface area contributed by atoms with Crippen molar-refractivity contribution < 1.29 is 57.8 Å². The van der Waals surface area contributed by atoms with Crippen molar-refractivity contribution in [2.24, 2.45) is 0 Å². The average molecular weight is 665 g/mol. The van der Waals surface area contributed by atoms with Gasteiger partial charge in [0.15, 0.2) is 0 Å². The maximum atomic E-state index is 12.9. The Kier molecular flexibility index (Phi) is 12.5. The Bertz CT molecular complexity index is 1560.